The molecule has 0 bridgehead atoms. The predicted molar refractivity (Wildman–Crippen MR) is 93.5 cm³/mol. The number of aromatic nitrogens is 3. The second-order valence-electron chi connectivity index (χ2n) is 5.71. The van der Waals surface area contributed by atoms with Gasteiger partial charge in [-0.3, -0.25) is 4.98 Å². The van der Waals surface area contributed by atoms with Crippen LogP contribution in [0.15, 0.2) is 55.1 Å². The van der Waals surface area contributed by atoms with Crippen LogP contribution in [-0.4, -0.2) is 14.4 Å². The SMILES string of the molecule is Cc1cc2nccn2cc1-c1cccnc1-c1cc(Cl)c(F)cc1F. The molecule has 6 heteroatoms. The normalized spacial score (nSPS) is 11.2. The van der Waals surface area contributed by atoms with Crippen LogP contribution in [0.4, 0.5) is 8.78 Å². The van der Waals surface area contributed by atoms with Gasteiger partial charge in [-0.05, 0) is 30.7 Å². The van der Waals surface area contributed by atoms with Crippen molar-refractivity contribution in [1.29, 1.82) is 0 Å². The van der Waals surface area contributed by atoms with Crippen LogP contribution in [0, 0.1) is 18.6 Å². The number of benzene rings is 1. The van der Waals surface area contributed by atoms with Gasteiger partial charge in [-0.25, -0.2) is 13.8 Å². The molecule has 124 valence electrons. The molecule has 0 spiro atoms. The molecule has 0 radical (unpaired) electrons. The van der Waals surface area contributed by atoms with E-state index < -0.39 is 11.6 Å². The van der Waals surface area contributed by atoms with Gasteiger partial charge in [0.2, 0.25) is 0 Å². The van der Waals surface area contributed by atoms with Crippen LogP contribution in [0.25, 0.3) is 28.0 Å². The van der Waals surface area contributed by atoms with E-state index >= 15 is 0 Å². The summed E-state index contributed by atoms with van der Waals surface area (Å²) < 4.78 is 29.7. The smallest absolute Gasteiger partial charge is 0.144 e. The maximum atomic E-state index is 14.4. The number of imidazole rings is 1. The lowest BCUT2D eigenvalue weighted by molar-refractivity contribution is 0.585. The molecule has 25 heavy (non-hydrogen) atoms. The molecule has 4 aromatic rings. The van der Waals surface area contributed by atoms with Gasteiger partial charge in [0.25, 0.3) is 0 Å². The minimum absolute atomic E-state index is 0.144. The van der Waals surface area contributed by atoms with Crippen molar-refractivity contribution in [3.8, 4) is 22.4 Å². The summed E-state index contributed by atoms with van der Waals surface area (Å²) in [5, 5.41) is -0.144. The number of nitrogens with zero attached hydrogens (tertiary/aromatic N) is 3. The zero-order valence-electron chi connectivity index (χ0n) is 13.2. The van der Waals surface area contributed by atoms with Gasteiger partial charge in [0, 0.05) is 47.5 Å². The number of hydrogen-bond donors (Lipinski definition) is 0. The Hall–Kier alpha value is -2.79. The second-order valence-corrected chi connectivity index (χ2v) is 6.12. The van der Waals surface area contributed by atoms with Crippen LogP contribution in [0.5, 0.6) is 0 Å². The van der Waals surface area contributed by atoms with Crippen LogP contribution in [0.1, 0.15) is 5.56 Å². The fraction of sp³-hybridized carbons (Fsp3) is 0.0526. The number of aryl methyl sites for hydroxylation is 1. The number of rotatable bonds is 2. The summed E-state index contributed by atoms with van der Waals surface area (Å²) in [6, 6.07) is 7.62. The molecule has 1 aromatic carbocycles. The summed E-state index contributed by atoms with van der Waals surface area (Å²) in [4.78, 5) is 8.58. The van der Waals surface area contributed by atoms with E-state index in [1.54, 1.807) is 18.5 Å². The summed E-state index contributed by atoms with van der Waals surface area (Å²) >= 11 is 5.85. The highest BCUT2D eigenvalue weighted by atomic mass is 35.5. The summed E-state index contributed by atoms with van der Waals surface area (Å²) in [5.74, 6) is -1.50. The summed E-state index contributed by atoms with van der Waals surface area (Å²) in [6.45, 7) is 1.95. The molecule has 0 saturated heterocycles. The lowest BCUT2D eigenvalue weighted by atomic mass is 9.97. The fourth-order valence-electron chi connectivity index (χ4n) is 2.88. The molecule has 3 heterocycles. The second kappa shape index (κ2) is 5.93. The topological polar surface area (TPSA) is 30.2 Å². The standard InChI is InChI=1S/C19H12ClF2N3/c1-11-7-18-23-5-6-25(18)10-14(11)12-3-2-4-24-19(12)13-8-15(20)17(22)9-16(13)21/h2-10H,1H3. The van der Waals surface area contributed by atoms with Gasteiger partial charge in [-0.1, -0.05) is 17.7 Å². The Labute approximate surface area is 147 Å². The van der Waals surface area contributed by atoms with Crippen LogP contribution in [0.3, 0.4) is 0 Å². The molecule has 3 nitrogen and oxygen atoms in total. The minimum Gasteiger partial charge on any atom is -0.306 e. The Kier molecular flexibility index (Phi) is 3.73. The van der Waals surface area contributed by atoms with E-state index in [0.717, 1.165) is 28.4 Å². The number of halogens is 3. The largest absolute Gasteiger partial charge is 0.306 e. The van der Waals surface area contributed by atoms with Crippen molar-refractivity contribution >= 4 is 17.2 Å². The third-order valence-electron chi connectivity index (χ3n) is 4.10. The van der Waals surface area contributed by atoms with Crippen molar-refractivity contribution in [1.82, 2.24) is 14.4 Å². The molecule has 0 aliphatic heterocycles. The maximum Gasteiger partial charge on any atom is 0.144 e. The number of fused-ring (bicyclic) bond motifs is 1. The highest BCUT2D eigenvalue weighted by molar-refractivity contribution is 6.31. The third kappa shape index (κ3) is 2.66. The van der Waals surface area contributed by atoms with Crippen LogP contribution in [-0.2, 0) is 0 Å². The summed E-state index contributed by atoms with van der Waals surface area (Å²) in [6.07, 6.45) is 7.04. The Morgan fingerprint density at radius 1 is 0.960 bits per heavy atom. The van der Waals surface area contributed by atoms with Crippen molar-refractivity contribution in [2.45, 2.75) is 6.92 Å². The van der Waals surface area contributed by atoms with E-state index in [4.69, 9.17) is 11.6 Å². The molecular weight excluding hydrogens is 344 g/mol. The van der Waals surface area contributed by atoms with Crippen molar-refractivity contribution in [3.63, 3.8) is 0 Å². The van der Waals surface area contributed by atoms with E-state index in [1.807, 2.05) is 35.9 Å². The van der Waals surface area contributed by atoms with Gasteiger partial charge in [-0.2, -0.15) is 0 Å². The van der Waals surface area contributed by atoms with Crippen LogP contribution in [0.2, 0.25) is 5.02 Å². The summed E-state index contributed by atoms with van der Waals surface area (Å²) in [5.41, 5.74) is 3.98. The molecule has 0 amide bonds. The highest BCUT2D eigenvalue weighted by Crippen LogP contribution is 2.35. The maximum absolute atomic E-state index is 14.4. The van der Waals surface area contributed by atoms with Gasteiger partial charge in [-0.15, -0.1) is 0 Å². The first-order chi connectivity index (χ1) is 12.0. The third-order valence-corrected chi connectivity index (χ3v) is 4.39. The van der Waals surface area contributed by atoms with Crippen LogP contribution >= 0.6 is 11.6 Å². The van der Waals surface area contributed by atoms with Crippen LogP contribution < -0.4 is 0 Å². The first-order valence-electron chi connectivity index (χ1n) is 7.58. The van der Waals surface area contributed by atoms with Gasteiger partial charge >= 0.3 is 0 Å². The zero-order valence-corrected chi connectivity index (χ0v) is 13.9. The van der Waals surface area contributed by atoms with Gasteiger partial charge in [0.1, 0.15) is 17.3 Å². The first-order valence-corrected chi connectivity index (χ1v) is 7.96. The van der Waals surface area contributed by atoms with Crippen molar-refractivity contribution in [3.05, 3.63) is 77.3 Å². The summed E-state index contributed by atoms with van der Waals surface area (Å²) in [7, 11) is 0. The lowest BCUT2D eigenvalue weighted by Crippen LogP contribution is -1.96. The number of hydrogen-bond acceptors (Lipinski definition) is 2. The molecule has 0 unspecified atom stereocenters. The minimum atomic E-state index is -0.795. The molecule has 0 N–H and O–H groups in total. The monoisotopic (exact) mass is 355 g/mol. The molecule has 0 aliphatic rings. The van der Waals surface area contributed by atoms with E-state index in [0.29, 0.717) is 5.69 Å². The average molecular weight is 356 g/mol. The first kappa shape index (κ1) is 15.7. The lowest BCUT2D eigenvalue weighted by Gasteiger charge is -2.13. The molecule has 4 rings (SSSR count). The van der Waals surface area contributed by atoms with E-state index in [2.05, 4.69) is 9.97 Å². The van der Waals surface area contributed by atoms with Gasteiger partial charge in [0.15, 0.2) is 0 Å². The fourth-order valence-corrected chi connectivity index (χ4v) is 3.04. The average Bonchev–Trinajstić information content (AvgIpc) is 3.04. The predicted octanol–water partition coefficient (Wildman–Crippen LogP) is 5.30. The quantitative estimate of drug-likeness (QED) is 0.456. The Morgan fingerprint density at radius 3 is 2.64 bits per heavy atom. The highest BCUT2D eigenvalue weighted by Gasteiger charge is 2.17. The van der Waals surface area contributed by atoms with E-state index in [-0.39, 0.29) is 10.6 Å². The molecule has 0 fully saturated rings. The van der Waals surface area contributed by atoms with Gasteiger partial charge in [0.05, 0.1) is 10.7 Å². The Bertz CT molecular complexity index is 1110. The molecule has 3 aromatic heterocycles. The zero-order chi connectivity index (χ0) is 17.6. The Balaban J connectivity index is 1.98. The van der Waals surface area contributed by atoms with Crippen molar-refractivity contribution < 1.29 is 8.78 Å². The van der Waals surface area contributed by atoms with E-state index in [9.17, 15) is 8.78 Å². The molecule has 0 atom stereocenters. The van der Waals surface area contributed by atoms with Gasteiger partial charge < -0.3 is 4.40 Å². The number of pyridine rings is 2. The van der Waals surface area contributed by atoms with Crippen molar-refractivity contribution in [2.24, 2.45) is 0 Å². The molecular formula is C19H12ClF2N3. The molecule has 0 aliphatic carbocycles. The Morgan fingerprint density at radius 2 is 1.80 bits per heavy atom. The molecule has 0 saturated carbocycles. The van der Waals surface area contributed by atoms with Crippen molar-refractivity contribution in [2.75, 3.05) is 0 Å². The van der Waals surface area contributed by atoms with E-state index in [1.165, 1.54) is 6.07 Å².